The predicted octanol–water partition coefficient (Wildman–Crippen LogP) is 1.63. The maximum absolute atomic E-state index is 12.5. The zero-order valence-electron chi connectivity index (χ0n) is 11.0. The first-order chi connectivity index (χ1) is 8.08. The van der Waals surface area contributed by atoms with Gasteiger partial charge >= 0.3 is 0 Å². The minimum Gasteiger partial charge on any atom is -0.339 e. The SMILES string of the molecule is CC1(C)CN(C(=O)C2C3CCCCC32)CCN1. The molecule has 2 saturated carbocycles. The van der Waals surface area contributed by atoms with E-state index in [4.69, 9.17) is 0 Å². The molecule has 96 valence electrons. The number of fused-ring (bicyclic) bond motifs is 1. The van der Waals surface area contributed by atoms with Crippen LogP contribution in [0.5, 0.6) is 0 Å². The van der Waals surface area contributed by atoms with E-state index < -0.39 is 0 Å². The summed E-state index contributed by atoms with van der Waals surface area (Å²) >= 11 is 0. The molecule has 0 aromatic rings. The molecule has 1 N–H and O–H groups in total. The first-order valence-corrected chi connectivity index (χ1v) is 7.12. The standard InChI is InChI=1S/C14H24N2O/c1-14(2)9-16(8-7-15-14)13(17)12-10-5-3-4-6-11(10)12/h10-12,15H,3-9H2,1-2H3. The number of carbonyl (C=O) groups is 1. The Balaban J connectivity index is 1.63. The van der Waals surface area contributed by atoms with E-state index in [1.807, 2.05) is 0 Å². The molecule has 3 rings (SSSR count). The van der Waals surface area contributed by atoms with Crippen LogP contribution in [0, 0.1) is 17.8 Å². The fraction of sp³-hybridized carbons (Fsp3) is 0.929. The predicted molar refractivity (Wildman–Crippen MR) is 67.6 cm³/mol. The van der Waals surface area contributed by atoms with Gasteiger partial charge in [0.15, 0.2) is 0 Å². The Morgan fingerprint density at radius 3 is 2.47 bits per heavy atom. The van der Waals surface area contributed by atoms with Crippen LogP contribution in [0.25, 0.3) is 0 Å². The smallest absolute Gasteiger partial charge is 0.226 e. The zero-order chi connectivity index (χ0) is 12.0. The topological polar surface area (TPSA) is 32.3 Å². The number of nitrogens with one attached hydrogen (secondary N) is 1. The van der Waals surface area contributed by atoms with Crippen LogP contribution in [-0.4, -0.2) is 36.0 Å². The molecule has 2 aliphatic carbocycles. The van der Waals surface area contributed by atoms with Crippen LogP contribution in [0.2, 0.25) is 0 Å². The third-order valence-corrected chi connectivity index (χ3v) is 4.82. The molecule has 3 aliphatic rings. The summed E-state index contributed by atoms with van der Waals surface area (Å²) in [7, 11) is 0. The maximum atomic E-state index is 12.5. The summed E-state index contributed by atoms with van der Waals surface area (Å²) in [5.41, 5.74) is 0.0912. The quantitative estimate of drug-likeness (QED) is 0.750. The lowest BCUT2D eigenvalue weighted by molar-refractivity contribution is -0.135. The van der Waals surface area contributed by atoms with Crippen molar-refractivity contribution in [3.63, 3.8) is 0 Å². The molecule has 2 atom stereocenters. The van der Waals surface area contributed by atoms with Gasteiger partial charge in [0.25, 0.3) is 0 Å². The van der Waals surface area contributed by atoms with E-state index in [1.54, 1.807) is 0 Å². The first-order valence-electron chi connectivity index (χ1n) is 7.12. The van der Waals surface area contributed by atoms with Crippen molar-refractivity contribution in [2.75, 3.05) is 19.6 Å². The second kappa shape index (κ2) is 3.98. The third kappa shape index (κ3) is 2.10. The van der Waals surface area contributed by atoms with Crippen molar-refractivity contribution in [3.05, 3.63) is 0 Å². The monoisotopic (exact) mass is 236 g/mol. The normalized spacial score (nSPS) is 39.6. The largest absolute Gasteiger partial charge is 0.339 e. The van der Waals surface area contributed by atoms with Crippen LogP contribution < -0.4 is 5.32 Å². The lowest BCUT2D eigenvalue weighted by atomic mass is 10.0. The molecule has 0 aromatic carbocycles. The first kappa shape index (κ1) is 11.5. The van der Waals surface area contributed by atoms with Crippen LogP contribution in [0.1, 0.15) is 39.5 Å². The van der Waals surface area contributed by atoms with Gasteiger partial charge in [-0.1, -0.05) is 12.8 Å². The lowest BCUT2D eigenvalue weighted by Crippen LogP contribution is -2.58. The second-order valence-corrected chi connectivity index (χ2v) is 6.71. The minimum absolute atomic E-state index is 0.0912. The molecule has 3 nitrogen and oxygen atoms in total. The van der Waals surface area contributed by atoms with E-state index in [9.17, 15) is 4.79 Å². The Hall–Kier alpha value is -0.570. The molecule has 0 aromatic heterocycles. The lowest BCUT2D eigenvalue weighted by Gasteiger charge is -2.39. The van der Waals surface area contributed by atoms with Gasteiger partial charge in [-0.25, -0.2) is 0 Å². The highest BCUT2D eigenvalue weighted by Gasteiger charge is 2.56. The van der Waals surface area contributed by atoms with Gasteiger partial charge < -0.3 is 10.2 Å². The molecular weight excluding hydrogens is 212 g/mol. The molecule has 3 fully saturated rings. The number of carbonyl (C=O) groups excluding carboxylic acids is 1. The summed E-state index contributed by atoms with van der Waals surface area (Å²) in [6.07, 6.45) is 5.29. The van der Waals surface area contributed by atoms with E-state index in [1.165, 1.54) is 25.7 Å². The van der Waals surface area contributed by atoms with Crippen LogP contribution in [0.4, 0.5) is 0 Å². The fourth-order valence-electron chi connectivity index (χ4n) is 3.90. The molecule has 1 heterocycles. The summed E-state index contributed by atoms with van der Waals surface area (Å²) in [4.78, 5) is 14.6. The van der Waals surface area contributed by atoms with Gasteiger partial charge in [-0.15, -0.1) is 0 Å². The summed E-state index contributed by atoms with van der Waals surface area (Å²) in [6.45, 7) is 7.10. The van der Waals surface area contributed by atoms with E-state index in [-0.39, 0.29) is 5.54 Å². The molecule has 3 heteroatoms. The number of hydrogen-bond donors (Lipinski definition) is 1. The highest BCUT2D eigenvalue weighted by Crippen LogP contribution is 2.56. The van der Waals surface area contributed by atoms with Crippen molar-refractivity contribution in [1.29, 1.82) is 0 Å². The molecular formula is C14H24N2O. The van der Waals surface area contributed by atoms with Crippen LogP contribution in [-0.2, 0) is 4.79 Å². The fourth-order valence-corrected chi connectivity index (χ4v) is 3.90. The van der Waals surface area contributed by atoms with Gasteiger partial charge in [-0.05, 0) is 38.5 Å². The highest BCUT2D eigenvalue weighted by molar-refractivity contribution is 5.82. The number of piperazine rings is 1. The summed E-state index contributed by atoms with van der Waals surface area (Å²) in [5.74, 6) is 2.34. The molecule has 1 saturated heterocycles. The van der Waals surface area contributed by atoms with E-state index in [0.717, 1.165) is 31.5 Å². The van der Waals surface area contributed by atoms with Crippen molar-refractivity contribution in [3.8, 4) is 0 Å². The van der Waals surface area contributed by atoms with Crippen molar-refractivity contribution in [2.45, 2.75) is 45.1 Å². The highest BCUT2D eigenvalue weighted by atomic mass is 16.2. The molecule has 0 spiro atoms. The van der Waals surface area contributed by atoms with Gasteiger partial charge in [-0.2, -0.15) is 0 Å². The van der Waals surface area contributed by atoms with Gasteiger partial charge in [0.1, 0.15) is 0 Å². The van der Waals surface area contributed by atoms with Crippen LogP contribution in [0.3, 0.4) is 0 Å². The maximum Gasteiger partial charge on any atom is 0.226 e. The Bertz CT molecular complexity index is 314. The van der Waals surface area contributed by atoms with Crippen molar-refractivity contribution >= 4 is 5.91 Å². The Kier molecular flexibility index (Phi) is 2.69. The average Bonchev–Trinajstić information content (AvgIpc) is 3.01. The third-order valence-electron chi connectivity index (χ3n) is 4.82. The van der Waals surface area contributed by atoms with Crippen molar-refractivity contribution in [1.82, 2.24) is 10.2 Å². The average molecular weight is 236 g/mol. The number of hydrogen-bond acceptors (Lipinski definition) is 2. The van der Waals surface area contributed by atoms with Crippen LogP contribution >= 0.6 is 0 Å². The summed E-state index contributed by atoms with van der Waals surface area (Å²) in [6, 6.07) is 0. The molecule has 17 heavy (non-hydrogen) atoms. The Morgan fingerprint density at radius 1 is 1.24 bits per heavy atom. The molecule has 1 amide bonds. The Labute approximate surface area is 104 Å². The van der Waals surface area contributed by atoms with Gasteiger partial charge in [0, 0.05) is 31.1 Å². The molecule has 0 bridgehead atoms. The van der Waals surface area contributed by atoms with E-state index in [2.05, 4.69) is 24.1 Å². The van der Waals surface area contributed by atoms with Crippen molar-refractivity contribution < 1.29 is 4.79 Å². The Morgan fingerprint density at radius 2 is 1.88 bits per heavy atom. The minimum atomic E-state index is 0.0912. The van der Waals surface area contributed by atoms with E-state index >= 15 is 0 Å². The number of amides is 1. The molecule has 0 radical (unpaired) electrons. The van der Waals surface area contributed by atoms with Crippen LogP contribution in [0.15, 0.2) is 0 Å². The van der Waals surface area contributed by atoms with Crippen molar-refractivity contribution in [2.24, 2.45) is 17.8 Å². The number of nitrogens with zero attached hydrogens (tertiary/aromatic N) is 1. The molecule has 2 unspecified atom stereocenters. The second-order valence-electron chi connectivity index (χ2n) is 6.71. The van der Waals surface area contributed by atoms with Gasteiger partial charge in [0.05, 0.1) is 0 Å². The van der Waals surface area contributed by atoms with Gasteiger partial charge in [-0.3, -0.25) is 4.79 Å². The molecule has 1 aliphatic heterocycles. The summed E-state index contributed by atoms with van der Waals surface area (Å²) in [5, 5.41) is 3.47. The zero-order valence-corrected chi connectivity index (χ0v) is 11.0. The van der Waals surface area contributed by atoms with Gasteiger partial charge in [0.2, 0.25) is 5.91 Å². The number of rotatable bonds is 1. The van der Waals surface area contributed by atoms with E-state index in [0.29, 0.717) is 11.8 Å². The summed E-state index contributed by atoms with van der Waals surface area (Å²) < 4.78 is 0.